The predicted octanol–water partition coefficient (Wildman–Crippen LogP) is 4.69. The van der Waals surface area contributed by atoms with E-state index in [1.165, 1.54) is 36.4 Å². The minimum atomic E-state index is -5.14. The number of nitrogens with one attached hydrogen (secondary N) is 3. The van der Waals surface area contributed by atoms with Crippen molar-refractivity contribution in [3.8, 4) is 23.0 Å². The fraction of sp³-hybridized carbons (Fsp3) is 0.100. The molecule has 1 unspecified atom stereocenters. The number of halogens is 4. The lowest BCUT2D eigenvalue weighted by Gasteiger charge is -2.23. The van der Waals surface area contributed by atoms with Crippen molar-refractivity contribution in [2.24, 2.45) is 9.98 Å². The molecule has 55 heavy (non-hydrogen) atoms. The zero-order valence-electron chi connectivity index (χ0n) is 27.1. The van der Waals surface area contributed by atoms with Crippen LogP contribution in [0.4, 0.5) is 43.4 Å². The maximum absolute atomic E-state index is 14.5. The number of anilines is 4. The van der Waals surface area contributed by atoms with Crippen LogP contribution in [0.5, 0.6) is 23.0 Å². The van der Waals surface area contributed by atoms with Gasteiger partial charge in [-0.3, -0.25) is 9.11 Å². The van der Waals surface area contributed by atoms with Crippen LogP contribution in [0.15, 0.2) is 73.2 Å². The van der Waals surface area contributed by atoms with Crippen molar-refractivity contribution in [2.45, 2.75) is 27.7 Å². The van der Waals surface area contributed by atoms with Crippen LogP contribution in [0.1, 0.15) is 6.92 Å². The van der Waals surface area contributed by atoms with Crippen LogP contribution in [0.3, 0.4) is 0 Å². The largest absolute Gasteiger partial charge is 0.450 e. The third kappa shape index (κ3) is 7.41. The zero-order chi connectivity index (χ0) is 39.6. The summed E-state index contributed by atoms with van der Waals surface area (Å²) in [5.41, 5.74) is -0.233. The van der Waals surface area contributed by atoms with Gasteiger partial charge in [0.1, 0.15) is 38.0 Å². The lowest BCUT2D eigenvalue weighted by Crippen LogP contribution is -2.27. The van der Waals surface area contributed by atoms with E-state index in [9.17, 15) is 43.1 Å². The van der Waals surface area contributed by atoms with Gasteiger partial charge in [-0.1, -0.05) is 23.2 Å². The molecule has 0 saturated carbocycles. The molecule has 2 aliphatic rings. The normalized spacial score (nSPS) is 13.5. The standard InChI is InChI=1S/C30H20Cl2F2N8O10S3/c1-11(36-29-40-28(34)41-30(42-29)37-12-2-4-13(5-3-12)53(43)44)10-35-17-9-8-16-23(27(17)55(48,49)50)52-25-19(32)20-24(18(31)21(25)39-16)51-22-15(38-20)7-6-14(33)26(22)54(45,46)47/h2-9,11,35,53H,10H2,1H3,(H,45,46,47)(H,48,49,50)(H2,36,37,40,41,42). The van der Waals surface area contributed by atoms with E-state index in [0.29, 0.717) is 5.69 Å². The minimum absolute atomic E-state index is 0.0676. The van der Waals surface area contributed by atoms with Gasteiger partial charge in [-0.05, 0) is 55.5 Å². The molecular weight excluding hydrogens is 837 g/mol. The van der Waals surface area contributed by atoms with Crippen LogP contribution in [-0.4, -0.2) is 61.9 Å². The summed E-state index contributed by atoms with van der Waals surface area (Å²) >= 11 is 13.2. The zero-order valence-corrected chi connectivity index (χ0v) is 31.1. The second-order valence-corrected chi connectivity index (χ2v) is 16.0. The number of benzene rings is 4. The first-order valence-electron chi connectivity index (χ1n) is 15.1. The number of thiol groups is 1. The Bertz CT molecular complexity index is 2900. The summed E-state index contributed by atoms with van der Waals surface area (Å²) in [7, 11) is -13.0. The number of nitrogens with zero attached hydrogens (tertiary/aromatic N) is 5. The Labute approximate surface area is 319 Å². The van der Waals surface area contributed by atoms with Crippen molar-refractivity contribution in [3.63, 3.8) is 0 Å². The first-order chi connectivity index (χ1) is 25.9. The summed E-state index contributed by atoms with van der Waals surface area (Å²) in [5, 5.41) is 7.24. The van der Waals surface area contributed by atoms with E-state index in [4.69, 9.17) is 32.7 Å². The van der Waals surface area contributed by atoms with E-state index in [2.05, 4.69) is 40.9 Å². The lowest BCUT2D eigenvalue weighted by atomic mass is 10.2. The van der Waals surface area contributed by atoms with Crippen molar-refractivity contribution in [1.82, 2.24) is 15.0 Å². The molecule has 5 aromatic rings. The van der Waals surface area contributed by atoms with Crippen molar-refractivity contribution < 1.29 is 52.6 Å². The molecule has 0 saturated heterocycles. The van der Waals surface area contributed by atoms with E-state index in [1.54, 1.807) is 6.92 Å². The monoisotopic (exact) mass is 856 g/mol. The van der Waals surface area contributed by atoms with Gasteiger partial charge in [0.15, 0.2) is 43.5 Å². The summed E-state index contributed by atoms with van der Waals surface area (Å²) < 4.78 is 132. The molecule has 3 heterocycles. The SMILES string of the molecule is CC(CNc1ccc2c(c1S(=O)(=O)O)Oc1c(Cl)c3c(c(Cl)c1=N2)Oc1c(ccc(F)c1S(=O)(=O)O)N=3)Nc1nc(F)nc(Nc2ccc([SH](=O)=O)cc2)n1. The van der Waals surface area contributed by atoms with E-state index in [1.807, 2.05) is 0 Å². The lowest BCUT2D eigenvalue weighted by molar-refractivity contribution is 0.419. The van der Waals surface area contributed by atoms with Crippen LogP contribution in [0.2, 0.25) is 10.0 Å². The van der Waals surface area contributed by atoms with Crippen LogP contribution in [0.25, 0.3) is 0 Å². The molecule has 25 heteroatoms. The van der Waals surface area contributed by atoms with Crippen LogP contribution in [-0.2, 0) is 30.9 Å². The molecule has 1 atom stereocenters. The summed E-state index contributed by atoms with van der Waals surface area (Å²) in [6, 6.07) is 9.20. The van der Waals surface area contributed by atoms with Gasteiger partial charge in [0.2, 0.25) is 11.9 Å². The van der Waals surface area contributed by atoms with Gasteiger partial charge in [-0.15, -0.1) is 0 Å². The third-order valence-electron chi connectivity index (χ3n) is 7.68. The second-order valence-electron chi connectivity index (χ2n) is 11.5. The Hall–Kier alpha value is -5.30. The number of hydrogen-bond donors (Lipinski definition) is 6. The second kappa shape index (κ2) is 14.1. The first-order valence-corrected chi connectivity index (χ1v) is 19.9. The van der Waals surface area contributed by atoms with Crippen molar-refractivity contribution in [1.29, 1.82) is 0 Å². The molecular formula is C30H20Cl2F2N8O10S3. The van der Waals surface area contributed by atoms with Crippen LogP contribution >= 0.6 is 23.2 Å². The molecule has 0 bridgehead atoms. The van der Waals surface area contributed by atoms with Gasteiger partial charge < -0.3 is 25.4 Å². The van der Waals surface area contributed by atoms with E-state index in [0.717, 1.165) is 12.1 Å². The molecule has 2 aliphatic heterocycles. The number of fused-ring (bicyclic) bond motifs is 4. The van der Waals surface area contributed by atoms with Crippen molar-refractivity contribution in [3.05, 3.63) is 81.2 Å². The molecule has 0 amide bonds. The minimum Gasteiger partial charge on any atom is -0.450 e. The molecule has 286 valence electrons. The van der Waals surface area contributed by atoms with E-state index < -0.39 is 70.2 Å². The Morgan fingerprint density at radius 1 is 0.764 bits per heavy atom. The number of hydrogen-bond acceptors (Lipinski definition) is 16. The highest BCUT2D eigenvalue weighted by Crippen LogP contribution is 2.48. The topological polar surface area (TPSA) is 261 Å². The molecule has 0 aliphatic carbocycles. The third-order valence-corrected chi connectivity index (χ3v) is 10.9. The van der Waals surface area contributed by atoms with Gasteiger partial charge in [-0.25, -0.2) is 22.8 Å². The summed E-state index contributed by atoms with van der Waals surface area (Å²) in [6.07, 6.45) is -1.15. The fourth-order valence-corrected chi connectivity index (χ4v) is 7.74. The van der Waals surface area contributed by atoms with Crippen molar-refractivity contribution >= 4 is 88.8 Å². The predicted molar refractivity (Wildman–Crippen MR) is 190 cm³/mol. The molecule has 18 nitrogen and oxygen atoms in total. The first kappa shape index (κ1) is 38.0. The molecule has 0 spiro atoms. The number of aromatic nitrogens is 3. The van der Waals surface area contributed by atoms with Gasteiger partial charge in [0, 0.05) is 18.3 Å². The molecule has 4 aromatic carbocycles. The molecule has 0 fully saturated rings. The van der Waals surface area contributed by atoms with Gasteiger partial charge in [0.25, 0.3) is 10.1 Å². The number of ether oxygens (including phenoxy) is 2. The molecule has 5 N–H and O–H groups in total. The molecule has 7 rings (SSSR count). The maximum Gasteiger partial charge on any atom is 0.315 e. The Morgan fingerprint density at radius 3 is 1.87 bits per heavy atom. The summed E-state index contributed by atoms with van der Waals surface area (Å²) in [6.45, 7) is 1.53. The Morgan fingerprint density at radius 2 is 1.31 bits per heavy atom. The highest BCUT2D eigenvalue weighted by Gasteiger charge is 2.34. The summed E-state index contributed by atoms with van der Waals surface area (Å²) in [4.78, 5) is 17.9. The smallest absolute Gasteiger partial charge is 0.315 e. The highest BCUT2D eigenvalue weighted by molar-refractivity contribution is 7.86. The number of rotatable bonds is 10. The Kier molecular flexibility index (Phi) is 9.73. The Balaban J connectivity index is 1.17. The maximum atomic E-state index is 14.5. The summed E-state index contributed by atoms with van der Waals surface area (Å²) in [5.74, 6) is -3.63. The molecule has 1 aromatic heterocycles. The van der Waals surface area contributed by atoms with Gasteiger partial charge in [0.05, 0.1) is 10.6 Å². The van der Waals surface area contributed by atoms with E-state index >= 15 is 0 Å². The van der Waals surface area contributed by atoms with E-state index in [-0.39, 0.29) is 72.7 Å². The van der Waals surface area contributed by atoms with Gasteiger partial charge in [-0.2, -0.15) is 36.2 Å². The fourth-order valence-electron chi connectivity index (χ4n) is 5.34. The quantitative estimate of drug-likeness (QED) is 0.0805. The highest BCUT2D eigenvalue weighted by atomic mass is 35.5. The average molecular weight is 858 g/mol. The van der Waals surface area contributed by atoms with Crippen molar-refractivity contribution in [2.75, 3.05) is 22.5 Å². The molecule has 0 radical (unpaired) electrons. The average Bonchev–Trinajstić information content (AvgIpc) is 3.10. The van der Waals surface area contributed by atoms with Crippen LogP contribution in [0, 0.1) is 11.9 Å². The van der Waals surface area contributed by atoms with Gasteiger partial charge >= 0.3 is 16.2 Å². The van der Waals surface area contributed by atoms with Crippen LogP contribution < -0.4 is 36.1 Å².